The first kappa shape index (κ1) is 21.8. The number of benzene rings is 2. The van der Waals surface area contributed by atoms with E-state index in [4.69, 9.17) is 25.8 Å². The van der Waals surface area contributed by atoms with E-state index in [0.717, 1.165) is 11.8 Å². The van der Waals surface area contributed by atoms with Crippen molar-refractivity contribution in [2.75, 3.05) is 26.9 Å². The Hall–Kier alpha value is -2.90. The van der Waals surface area contributed by atoms with E-state index in [0.29, 0.717) is 32.7 Å². The van der Waals surface area contributed by atoms with Gasteiger partial charge in [-0.2, -0.15) is 0 Å². The normalized spacial score (nSPS) is 14.9. The van der Waals surface area contributed by atoms with E-state index >= 15 is 0 Å². The van der Waals surface area contributed by atoms with Crippen LogP contribution in [0.4, 0.5) is 4.79 Å². The Bertz CT molecular complexity index is 977. The fraction of sp³-hybridized carbons (Fsp3) is 0.182. The van der Waals surface area contributed by atoms with Gasteiger partial charge in [0.25, 0.3) is 11.1 Å². The number of amides is 2. The molecule has 156 valence electrons. The van der Waals surface area contributed by atoms with Gasteiger partial charge in [-0.15, -0.1) is 0 Å². The van der Waals surface area contributed by atoms with E-state index in [1.165, 1.54) is 12.0 Å². The van der Waals surface area contributed by atoms with Gasteiger partial charge in [-0.1, -0.05) is 42.5 Å². The summed E-state index contributed by atoms with van der Waals surface area (Å²) in [6, 6.07) is 12.6. The fourth-order valence-electron chi connectivity index (χ4n) is 2.72. The Labute approximate surface area is 184 Å². The Morgan fingerprint density at radius 2 is 1.93 bits per heavy atom. The quantitative estimate of drug-likeness (QED) is 0.398. The highest BCUT2D eigenvalue weighted by Gasteiger charge is 2.34. The molecule has 1 fully saturated rings. The number of thioether (sulfide) groups is 1. The lowest BCUT2D eigenvalue weighted by Gasteiger charge is -2.13. The number of methoxy groups -OCH3 is 1. The number of imide groups is 1. The van der Waals surface area contributed by atoms with Crippen LogP contribution in [0.25, 0.3) is 6.08 Å². The van der Waals surface area contributed by atoms with Crippen LogP contribution >= 0.6 is 23.4 Å². The average Bonchev–Trinajstić information content (AvgIpc) is 3.00. The molecule has 0 aromatic heterocycles. The van der Waals surface area contributed by atoms with Gasteiger partial charge in [0.2, 0.25) is 0 Å². The highest BCUT2D eigenvalue weighted by molar-refractivity contribution is 8.18. The maximum Gasteiger partial charge on any atom is 0.293 e. The zero-order chi connectivity index (χ0) is 21.5. The van der Waals surface area contributed by atoms with Crippen LogP contribution in [-0.4, -0.2) is 42.9 Å². The smallest absolute Gasteiger partial charge is 0.293 e. The molecule has 1 aliphatic heterocycles. The number of para-hydroxylation sites is 1. The number of rotatable bonds is 9. The zero-order valence-corrected chi connectivity index (χ0v) is 17.9. The van der Waals surface area contributed by atoms with Gasteiger partial charge in [-0.05, 0) is 47.7 Å². The van der Waals surface area contributed by atoms with Crippen LogP contribution in [0.2, 0.25) is 5.02 Å². The van der Waals surface area contributed by atoms with Crippen LogP contribution in [0.5, 0.6) is 17.2 Å². The van der Waals surface area contributed by atoms with Gasteiger partial charge in [0.05, 0.1) is 23.6 Å². The van der Waals surface area contributed by atoms with E-state index in [9.17, 15) is 9.59 Å². The molecule has 6 nitrogen and oxygen atoms in total. The third-order valence-corrected chi connectivity index (χ3v) is 5.28. The maximum absolute atomic E-state index is 12.7. The van der Waals surface area contributed by atoms with Crippen molar-refractivity contribution >= 4 is 40.6 Å². The van der Waals surface area contributed by atoms with Crippen molar-refractivity contribution in [1.29, 1.82) is 0 Å². The van der Waals surface area contributed by atoms with Gasteiger partial charge in [0, 0.05) is 0 Å². The minimum absolute atomic E-state index is 0.162. The van der Waals surface area contributed by atoms with Gasteiger partial charge in [0.15, 0.2) is 11.5 Å². The average molecular weight is 446 g/mol. The molecule has 2 aromatic rings. The molecule has 0 radical (unpaired) electrons. The fourth-order valence-corrected chi connectivity index (χ4v) is 3.86. The van der Waals surface area contributed by atoms with Crippen LogP contribution in [0.3, 0.4) is 0 Å². The molecule has 0 N–H and O–H groups in total. The first-order chi connectivity index (χ1) is 14.5. The van der Waals surface area contributed by atoms with E-state index in [2.05, 4.69) is 6.58 Å². The van der Waals surface area contributed by atoms with Crippen molar-refractivity contribution in [3.8, 4) is 17.2 Å². The largest absolute Gasteiger partial charge is 0.493 e. The van der Waals surface area contributed by atoms with Crippen LogP contribution in [0.15, 0.2) is 60.0 Å². The zero-order valence-electron chi connectivity index (χ0n) is 16.3. The first-order valence-corrected chi connectivity index (χ1v) is 10.3. The summed E-state index contributed by atoms with van der Waals surface area (Å²) in [5, 5.41) is -0.00940. The monoisotopic (exact) mass is 445 g/mol. The molecule has 1 aliphatic rings. The summed E-state index contributed by atoms with van der Waals surface area (Å²) < 4.78 is 16.4. The van der Waals surface area contributed by atoms with Gasteiger partial charge in [-0.25, -0.2) is 0 Å². The van der Waals surface area contributed by atoms with Crippen molar-refractivity contribution in [3.05, 3.63) is 70.6 Å². The third-order valence-electron chi connectivity index (χ3n) is 4.10. The molecule has 0 bridgehead atoms. The molecule has 0 aliphatic carbocycles. The van der Waals surface area contributed by atoms with E-state index < -0.39 is 0 Å². The molecule has 2 amide bonds. The molecular weight excluding hydrogens is 426 g/mol. The standard InChI is InChI=1S/C22H20ClNO5S/c1-3-10-29-20-17(23)12-15(13-18(20)27-2)14-19-21(25)24(22(26)30-19)9-11-28-16-7-5-4-6-8-16/h3-8,12-14H,1,9-11H2,2H3/b19-14-. The third kappa shape index (κ3) is 5.17. The molecule has 0 unspecified atom stereocenters. The molecular formula is C22H20ClNO5S. The minimum atomic E-state index is -0.372. The molecule has 2 aromatic carbocycles. The molecule has 30 heavy (non-hydrogen) atoms. The van der Waals surface area contributed by atoms with Crippen molar-refractivity contribution < 1.29 is 23.8 Å². The molecule has 0 saturated carbocycles. The molecule has 1 saturated heterocycles. The summed E-state index contributed by atoms with van der Waals surface area (Å²) in [6.45, 7) is 4.26. The predicted octanol–water partition coefficient (Wildman–Crippen LogP) is 5.03. The van der Waals surface area contributed by atoms with Crippen LogP contribution in [0, 0.1) is 0 Å². The Morgan fingerprint density at radius 1 is 1.17 bits per heavy atom. The lowest BCUT2D eigenvalue weighted by molar-refractivity contribution is -0.123. The Balaban J connectivity index is 1.71. The van der Waals surface area contributed by atoms with Gasteiger partial charge in [0.1, 0.15) is 19.0 Å². The minimum Gasteiger partial charge on any atom is -0.493 e. The lowest BCUT2D eigenvalue weighted by Crippen LogP contribution is -2.32. The van der Waals surface area contributed by atoms with Crippen molar-refractivity contribution in [2.45, 2.75) is 0 Å². The molecule has 3 rings (SSSR count). The number of nitrogens with zero attached hydrogens (tertiary/aromatic N) is 1. The lowest BCUT2D eigenvalue weighted by atomic mass is 10.1. The Morgan fingerprint density at radius 3 is 2.63 bits per heavy atom. The number of carbonyl (C=O) groups excluding carboxylic acids is 2. The summed E-state index contributed by atoms with van der Waals surface area (Å²) in [6.07, 6.45) is 3.20. The maximum atomic E-state index is 12.7. The van der Waals surface area contributed by atoms with Crippen molar-refractivity contribution in [1.82, 2.24) is 4.90 Å². The first-order valence-electron chi connectivity index (χ1n) is 9.08. The second kappa shape index (κ2) is 10.2. The molecule has 1 heterocycles. The van der Waals surface area contributed by atoms with Crippen LogP contribution in [0.1, 0.15) is 5.56 Å². The molecule has 0 atom stereocenters. The van der Waals surface area contributed by atoms with Gasteiger partial charge in [-0.3, -0.25) is 14.5 Å². The molecule has 8 heteroatoms. The number of hydrogen-bond donors (Lipinski definition) is 0. The topological polar surface area (TPSA) is 65.1 Å². The van der Waals surface area contributed by atoms with E-state index in [1.807, 2.05) is 30.3 Å². The highest BCUT2D eigenvalue weighted by atomic mass is 35.5. The highest BCUT2D eigenvalue weighted by Crippen LogP contribution is 2.39. The van der Waals surface area contributed by atoms with Gasteiger partial charge < -0.3 is 14.2 Å². The molecule has 0 spiro atoms. The van der Waals surface area contributed by atoms with Crippen LogP contribution in [-0.2, 0) is 4.79 Å². The van der Waals surface area contributed by atoms with E-state index in [-0.39, 0.29) is 30.9 Å². The summed E-state index contributed by atoms with van der Waals surface area (Å²) in [7, 11) is 1.50. The second-order valence-electron chi connectivity index (χ2n) is 6.13. The predicted molar refractivity (Wildman–Crippen MR) is 118 cm³/mol. The summed E-state index contributed by atoms with van der Waals surface area (Å²) >= 11 is 7.18. The van der Waals surface area contributed by atoms with Gasteiger partial charge >= 0.3 is 0 Å². The van der Waals surface area contributed by atoms with Crippen LogP contribution < -0.4 is 14.2 Å². The second-order valence-corrected chi connectivity index (χ2v) is 7.53. The summed E-state index contributed by atoms with van der Waals surface area (Å²) in [5.41, 5.74) is 0.619. The summed E-state index contributed by atoms with van der Waals surface area (Å²) in [4.78, 5) is 26.4. The van der Waals surface area contributed by atoms with E-state index in [1.54, 1.807) is 24.3 Å². The SMILES string of the molecule is C=CCOc1c(Cl)cc(/C=C2\SC(=O)N(CCOc3ccccc3)C2=O)cc1OC. The number of hydrogen-bond acceptors (Lipinski definition) is 6. The van der Waals surface area contributed by atoms with Crippen molar-refractivity contribution in [2.24, 2.45) is 0 Å². The summed E-state index contributed by atoms with van der Waals surface area (Å²) in [5.74, 6) is 1.12. The van der Waals surface area contributed by atoms with Crippen molar-refractivity contribution in [3.63, 3.8) is 0 Å². The number of ether oxygens (including phenoxy) is 3. The Kier molecular flexibility index (Phi) is 7.43. The number of halogens is 1. The number of carbonyl (C=O) groups is 2.